The fourth-order valence-electron chi connectivity index (χ4n) is 4.13. The Morgan fingerprint density at radius 2 is 1.86 bits per heavy atom. The number of carbonyl (C=O) groups excluding carboxylic acids is 1. The molecule has 1 N–H and O–H groups in total. The van der Waals surface area contributed by atoms with Gasteiger partial charge in [0.15, 0.2) is 0 Å². The Morgan fingerprint density at radius 1 is 1.14 bits per heavy atom. The summed E-state index contributed by atoms with van der Waals surface area (Å²) in [6, 6.07) is 8.85. The maximum Gasteiger partial charge on any atom is 0.238 e. The van der Waals surface area contributed by atoms with Crippen molar-refractivity contribution in [2.24, 2.45) is 5.92 Å². The van der Waals surface area contributed by atoms with E-state index in [1.165, 1.54) is 44.1 Å². The minimum absolute atomic E-state index is 0.135. The smallest absolute Gasteiger partial charge is 0.238 e. The minimum Gasteiger partial charge on any atom is -0.325 e. The summed E-state index contributed by atoms with van der Waals surface area (Å²) in [6.45, 7) is 3.78. The number of rotatable bonds is 4. The number of nitrogens with zero attached hydrogens (tertiary/aromatic N) is 1. The molecule has 1 heterocycles. The summed E-state index contributed by atoms with van der Waals surface area (Å²) >= 11 is 0. The molecule has 2 atom stereocenters. The first-order valence-corrected chi connectivity index (χ1v) is 8.89. The zero-order valence-electron chi connectivity index (χ0n) is 13.7. The lowest BCUT2D eigenvalue weighted by Gasteiger charge is -2.43. The first-order valence-electron chi connectivity index (χ1n) is 8.89. The van der Waals surface area contributed by atoms with Crippen LogP contribution in [-0.4, -0.2) is 29.9 Å². The van der Waals surface area contributed by atoms with Crippen LogP contribution in [0.3, 0.4) is 0 Å². The van der Waals surface area contributed by atoms with Crippen LogP contribution in [0.4, 0.5) is 5.69 Å². The highest BCUT2D eigenvalue weighted by atomic mass is 16.2. The van der Waals surface area contributed by atoms with Crippen molar-refractivity contribution in [2.45, 2.75) is 57.9 Å². The molecule has 3 heteroatoms. The molecule has 120 valence electrons. The van der Waals surface area contributed by atoms with Crippen LogP contribution in [0.1, 0.15) is 51.0 Å². The van der Waals surface area contributed by atoms with Crippen molar-refractivity contribution in [1.29, 1.82) is 0 Å². The van der Waals surface area contributed by atoms with Gasteiger partial charge in [0.25, 0.3) is 0 Å². The second kappa shape index (κ2) is 7.28. The van der Waals surface area contributed by atoms with Crippen LogP contribution in [0.25, 0.3) is 0 Å². The molecule has 0 spiro atoms. The number of hydrogen-bond acceptors (Lipinski definition) is 2. The number of benzene rings is 1. The minimum atomic E-state index is 0.135. The van der Waals surface area contributed by atoms with Crippen LogP contribution < -0.4 is 5.32 Å². The van der Waals surface area contributed by atoms with Crippen molar-refractivity contribution < 1.29 is 4.79 Å². The summed E-state index contributed by atoms with van der Waals surface area (Å²) in [5.74, 6) is 0.967. The van der Waals surface area contributed by atoms with Gasteiger partial charge in [-0.05, 0) is 62.3 Å². The Morgan fingerprint density at radius 3 is 2.64 bits per heavy atom. The monoisotopic (exact) mass is 300 g/mol. The van der Waals surface area contributed by atoms with Crippen LogP contribution in [0, 0.1) is 5.92 Å². The molecule has 0 aromatic heterocycles. The van der Waals surface area contributed by atoms with E-state index in [1.807, 2.05) is 12.1 Å². The molecule has 1 aliphatic heterocycles. The molecule has 3 rings (SSSR count). The highest BCUT2D eigenvalue weighted by molar-refractivity contribution is 5.92. The number of aryl methyl sites for hydroxylation is 1. The van der Waals surface area contributed by atoms with Crippen LogP contribution in [0.5, 0.6) is 0 Å². The number of nitrogens with one attached hydrogen (secondary N) is 1. The molecule has 1 aromatic rings. The number of anilines is 1. The second-order valence-corrected chi connectivity index (χ2v) is 6.82. The van der Waals surface area contributed by atoms with Crippen molar-refractivity contribution >= 4 is 11.6 Å². The molecule has 0 bridgehead atoms. The summed E-state index contributed by atoms with van der Waals surface area (Å²) in [5.41, 5.74) is 2.22. The summed E-state index contributed by atoms with van der Waals surface area (Å²) in [6.07, 6.45) is 9.00. The van der Waals surface area contributed by atoms with E-state index >= 15 is 0 Å². The molecule has 3 nitrogen and oxygen atoms in total. The molecular formula is C19H28N2O. The average molecular weight is 300 g/mol. The molecule has 1 amide bonds. The molecule has 2 aliphatic rings. The fraction of sp³-hybridized carbons (Fsp3) is 0.632. The second-order valence-electron chi connectivity index (χ2n) is 6.82. The predicted octanol–water partition coefficient (Wildman–Crippen LogP) is 3.84. The van der Waals surface area contributed by atoms with Crippen molar-refractivity contribution in [1.82, 2.24) is 4.90 Å². The first-order chi connectivity index (χ1) is 10.8. The lowest BCUT2D eigenvalue weighted by atomic mass is 9.78. The Labute approximate surface area is 134 Å². The van der Waals surface area contributed by atoms with Gasteiger partial charge in [0.2, 0.25) is 5.91 Å². The number of carbonyl (C=O) groups is 1. The van der Waals surface area contributed by atoms with Gasteiger partial charge in [-0.25, -0.2) is 0 Å². The normalized spacial score (nSPS) is 25.5. The largest absolute Gasteiger partial charge is 0.325 e. The molecule has 1 aromatic carbocycles. The number of piperidine rings is 1. The highest BCUT2D eigenvalue weighted by Gasteiger charge is 2.33. The van der Waals surface area contributed by atoms with Gasteiger partial charge in [-0.15, -0.1) is 0 Å². The molecule has 1 saturated carbocycles. The quantitative estimate of drug-likeness (QED) is 0.916. The van der Waals surface area contributed by atoms with Gasteiger partial charge >= 0.3 is 0 Å². The molecular weight excluding hydrogens is 272 g/mol. The van der Waals surface area contributed by atoms with Gasteiger partial charge in [-0.2, -0.15) is 0 Å². The Hall–Kier alpha value is -1.35. The summed E-state index contributed by atoms with van der Waals surface area (Å²) in [5, 5.41) is 3.06. The molecule has 1 aliphatic carbocycles. The van der Waals surface area contributed by atoms with E-state index in [9.17, 15) is 4.79 Å². The third-order valence-corrected chi connectivity index (χ3v) is 5.35. The Bertz CT molecular complexity index is 495. The standard InChI is InChI=1S/C19H28N2O/c1-2-15-9-11-17(12-10-15)20-19(22)14-21-13-5-7-16-6-3-4-8-18(16)21/h9-12,16,18H,2-8,13-14H2,1H3,(H,20,22)/t16-,18-/m0/s1. The lowest BCUT2D eigenvalue weighted by molar-refractivity contribution is -0.118. The average Bonchev–Trinajstić information content (AvgIpc) is 2.56. The molecule has 0 unspecified atom stereocenters. The number of hydrogen-bond donors (Lipinski definition) is 1. The van der Waals surface area contributed by atoms with E-state index in [0.29, 0.717) is 12.6 Å². The summed E-state index contributed by atoms with van der Waals surface area (Å²) in [7, 11) is 0. The van der Waals surface area contributed by atoms with Crippen LogP contribution >= 0.6 is 0 Å². The van der Waals surface area contributed by atoms with Crippen molar-refractivity contribution in [3.05, 3.63) is 29.8 Å². The topological polar surface area (TPSA) is 32.3 Å². The molecule has 1 saturated heterocycles. The van der Waals surface area contributed by atoms with Gasteiger partial charge in [0, 0.05) is 11.7 Å². The van der Waals surface area contributed by atoms with Crippen LogP contribution in [0.2, 0.25) is 0 Å². The van der Waals surface area contributed by atoms with E-state index < -0.39 is 0 Å². The van der Waals surface area contributed by atoms with E-state index in [4.69, 9.17) is 0 Å². The first kappa shape index (κ1) is 15.5. The lowest BCUT2D eigenvalue weighted by Crippen LogP contribution is -2.49. The summed E-state index contributed by atoms with van der Waals surface area (Å²) in [4.78, 5) is 14.8. The van der Waals surface area contributed by atoms with Gasteiger partial charge < -0.3 is 5.32 Å². The zero-order valence-corrected chi connectivity index (χ0v) is 13.7. The highest BCUT2D eigenvalue weighted by Crippen LogP contribution is 2.35. The third kappa shape index (κ3) is 3.70. The Balaban J connectivity index is 1.56. The molecule has 2 fully saturated rings. The third-order valence-electron chi connectivity index (χ3n) is 5.35. The van der Waals surface area contributed by atoms with Crippen molar-refractivity contribution in [3.8, 4) is 0 Å². The summed E-state index contributed by atoms with van der Waals surface area (Å²) < 4.78 is 0. The number of likely N-dealkylation sites (tertiary alicyclic amines) is 1. The van der Waals surface area contributed by atoms with E-state index in [-0.39, 0.29) is 5.91 Å². The van der Waals surface area contributed by atoms with E-state index in [0.717, 1.165) is 24.6 Å². The Kier molecular flexibility index (Phi) is 5.14. The van der Waals surface area contributed by atoms with E-state index in [2.05, 4.69) is 29.3 Å². The number of fused-ring (bicyclic) bond motifs is 1. The van der Waals surface area contributed by atoms with Crippen molar-refractivity contribution in [2.75, 3.05) is 18.4 Å². The van der Waals surface area contributed by atoms with Gasteiger partial charge in [-0.3, -0.25) is 9.69 Å². The van der Waals surface area contributed by atoms with Crippen LogP contribution in [-0.2, 0) is 11.2 Å². The number of amides is 1. The van der Waals surface area contributed by atoms with Gasteiger partial charge in [0.05, 0.1) is 6.54 Å². The van der Waals surface area contributed by atoms with Crippen molar-refractivity contribution in [3.63, 3.8) is 0 Å². The molecule has 22 heavy (non-hydrogen) atoms. The zero-order chi connectivity index (χ0) is 15.4. The fourth-order valence-corrected chi connectivity index (χ4v) is 4.13. The maximum atomic E-state index is 12.4. The maximum absolute atomic E-state index is 12.4. The van der Waals surface area contributed by atoms with Gasteiger partial charge in [0.1, 0.15) is 0 Å². The van der Waals surface area contributed by atoms with E-state index in [1.54, 1.807) is 0 Å². The molecule has 0 radical (unpaired) electrons. The van der Waals surface area contributed by atoms with Crippen LogP contribution in [0.15, 0.2) is 24.3 Å². The van der Waals surface area contributed by atoms with Gasteiger partial charge in [-0.1, -0.05) is 31.9 Å². The SMILES string of the molecule is CCc1ccc(NC(=O)CN2CCC[C@@H]3CCCC[C@@H]32)cc1. The predicted molar refractivity (Wildman–Crippen MR) is 91.0 cm³/mol.